The largest absolute Gasteiger partial charge is 0.380 e. The van der Waals surface area contributed by atoms with Gasteiger partial charge in [-0.3, -0.25) is 0 Å². The van der Waals surface area contributed by atoms with Crippen molar-refractivity contribution >= 4 is 21.4 Å². The van der Waals surface area contributed by atoms with E-state index in [4.69, 9.17) is 4.74 Å². The van der Waals surface area contributed by atoms with Crippen LogP contribution < -0.4 is 0 Å². The molecule has 2 saturated heterocycles. The van der Waals surface area contributed by atoms with Crippen LogP contribution in [0.25, 0.3) is 0 Å². The van der Waals surface area contributed by atoms with Crippen molar-refractivity contribution in [1.29, 1.82) is 0 Å². The summed E-state index contributed by atoms with van der Waals surface area (Å²) in [5.41, 5.74) is 0. The Bertz CT molecular complexity index is 529. The summed E-state index contributed by atoms with van der Waals surface area (Å²) in [4.78, 5) is 3.50. The molecular formula is C12H18N2O3S2. The molecule has 2 aliphatic heterocycles. The number of hydrogen-bond acceptors (Lipinski definition) is 6. The molecule has 3 heterocycles. The highest BCUT2D eigenvalue weighted by atomic mass is 32.2. The van der Waals surface area contributed by atoms with Gasteiger partial charge in [-0.2, -0.15) is 0 Å². The number of likely N-dealkylation sites (tertiary alicyclic amines) is 1. The second-order valence-corrected chi connectivity index (χ2v) is 8.48. The van der Waals surface area contributed by atoms with Gasteiger partial charge in [-0.15, -0.1) is 0 Å². The summed E-state index contributed by atoms with van der Waals surface area (Å²) < 4.78 is 33.6. The van der Waals surface area contributed by atoms with Gasteiger partial charge in [0.25, 0.3) is 0 Å². The molecule has 19 heavy (non-hydrogen) atoms. The van der Waals surface area contributed by atoms with Gasteiger partial charge in [0, 0.05) is 43.7 Å². The van der Waals surface area contributed by atoms with Crippen LogP contribution in [0.15, 0.2) is 12.3 Å². The Morgan fingerprint density at radius 2 is 2.37 bits per heavy atom. The highest BCUT2D eigenvalue weighted by Crippen LogP contribution is 2.35. The molecule has 3 rings (SSSR count). The summed E-state index contributed by atoms with van der Waals surface area (Å²) in [6.45, 7) is 2.40. The number of fused-ring (bicyclic) bond motifs is 1. The van der Waals surface area contributed by atoms with Crippen molar-refractivity contribution in [2.24, 2.45) is 5.92 Å². The van der Waals surface area contributed by atoms with E-state index in [1.807, 2.05) is 12.3 Å². The van der Waals surface area contributed by atoms with Crippen molar-refractivity contribution in [3.8, 4) is 0 Å². The lowest BCUT2D eigenvalue weighted by Gasteiger charge is -2.18. The van der Waals surface area contributed by atoms with E-state index in [1.54, 1.807) is 7.11 Å². The molecule has 1 aromatic rings. The van der Waals surface area contributed by atoms with Crippen LogP contribution in [0.4, 0.5) is 0 Å². The summed E-state index contributed by atoms with van der Waals surface area (Å²) in [6.07, 6.45) is 2.63. The second-order valence-electron chi connectivity index (χ2n) is 5.29. The zero-order valence-corrected chi connectivity index (χ0v) is 12.5. The van der Waals surface area contributed by atoms with E-state index in [0.717, 1.165) is 19.5 Å². The smallest absolute Gasteiger partial charge is 0.157 e. The van der Waals surface area contributed by atoms with E-state index < -0.39 is 9.84 Å². The molecule has 0 aliphatic carbocycles. The number of methoxy groups -OCH3 is 1. The molecule has 1 aromatic heterocycles. The second kappa shape index (κ2) is 5.12. The summed E-state index contributed by atoms with van der Waals surface area (Å²) in [5, 5.41) is -0.223. The Balaban J connectivity index is 1.63. The van der Waals surface area contributed by atoms with Crippen LogP contribution >= 0.6 is 11.5 Å². The normalized spacial score (nSPS) is 33.6. The van der Waals surface area contributed by atoms with Crippen molar-refractivity contribution in [1.82, 2.24) is 9.27 Å². The average Bonchev–Trinajstić information content (AvgIpc) is 3.05. The SMILES string of the molecule is CO[C@@H]1CS(=O)(=O)[C@H]2CN(CCc3ccns3)C[C@@H]12. The topological polar surface area (TPSA) is 59.5 Å². The van der Waals surface area contributed by atoms with Crippen molar-refractivity contribution in [2.45, 2.75) is 17.8 Å². The molecule has 2 aliphatic rings. The Morgan fingerprint density at radius 1 is 1.53 bits per heavy atom. The van der Waals surface area contributed by atoms with Gasteiger partial charge in [-0.25, -0.2) is 12.8 Å². The molecule has 0 amide bonds. The van der Waals surface area contributed by atoms with Gasteiger partial charge in [-0.05, 0) is 24.0 Å². The summed E-state index contributed by atoms with van der Waals surface area (Å²) in [7, 11) is -1.35. The van der Waals surface area contributed by atoms with Crippen molar-refractivity contribution < 1.29 is 13.2 Å². The van der Waals surface area contributed by atoms with E-state index in [0.29, 0.717) is 6.54 Å². The minimum Gasteiger partial charge on any atom is -0.380 e. The first-order valence-corrected chi connectivity index (χ1v) is 8.95. The molecule has 0 bridgehead atoms. The fourth-order valence-corrected chi connectivity index (χ4v) is 6.04. The molecule has 0 N–H and O–H groups in total. The van der Waals surface area contributed by atoms with Crippen LogP contribution in [-0.2, 0) is 21.0 Å². The maximum absolute atomic E-state index is 12.1. The lowest BCUT2D eigenvalue weighted by Crippen LogP contribution is -2.30. The molecule has 0 radical (unpaired) electrons. The van der Waals surface area contributed by atoms with Crippen LogP contribution in [0, 0.1) is 5.92 Å². The third kappa shape index (κ3) is 2.56. The quantitative estimate of drug-likeness (QED) is 0.807. The molecule has 0 aromatic carbocycles. The fraction of sp³-hybridized carbons (Fsp3) is 0.750. The Morgan fingerprint density at radius 3 is 3.05 bits per heavy atom. The third-order valence-electron chi connectivity index (χ3n) is 4.19. The van der Waals surface area contributed by atoms with Gasteiger partial charge in [0.15, 0.2) is 9.84 Å². The van der Waals surface area contributed by atoms with Crippen molar-refractivity contribution in [3.05, 3.63) is 17.1 Å². The number of ether oxygens (including phenoxy) is 1. The number of hydrogen-bond donors (Lipinski definition) is 0. The molecule has 106 valence electrons. The highest BCUT2D eigenvalue weighted by Gasteiger charge is 2.52. The van der Waals surface area contributed by atoms with Gasteiger partial charge in [0.2, 0.25) is 0 Å². The first-order valence-electron chi connectivity index (χ1n) is 6.46. The van der Waals surface area contributed by atoms with Crippen LogP contribution in [0.2, 0.25) is 0 Å². The van der Waals surface area contributed by atoms with Gasteiger partial charge in [0.1, 0.15) is 0 Å². The monoisotopic (exact) mass is 302 g/mol. The Labute approximate surface area is 117 Å². The van der Waals surface area contributed by atoms with Crippen molar-refractivity contribution in [2.75, 3.05) is 32.5 Å². The molecule has 0 spiro atoms. The number of sulfone groups is 1. The Hall–Kier alpha value is -0.500. The van der Waals surface area contributed by atoms with E-state index in [1.165, 1.54) is 16.4 Å². The Kier molecular flexibility index (Phi) is 3.63. The van der Waals surface area contributed by atoms with Crippen LogP contribution in [0.1, 0.15) is 4.88 Å². The molecule has 0 saturated carbocycles. The molecule has 2 fully saturated rings. The van der Waals surface area contributed by atoms with Gasteiger partial charge in [0.05, 0.1) is 17.1 Å². The minimum atomic E-state index is -2.97. The molecule has 3 atom stereocenters. The number of aromatic nitrogens is 1. The zero-order valence-electron chi connectivity index (χ0n) is 10.9. The van der Waals surface area contributed by atoms with Crippen LogP contribution in [-0.4, -0.2) is 61.5 Å². The maximum atomic E-state index is 12.1. The van der Waals surface area contributed by atoms with E-state index in [9.17, 15) is 8.42 Å². The molecule has 7 heteroatoms. The summed E-state index contributed by atoms with van der Waals surface area (Å²) >= 11 is 1.51. The van der Waals surface area contributed by atoms with E-state index in [-0.39, 0.29) is 23.0 Å². The van der Waals surface area contributed by atoms with Gasteiger partial charge < -0.3 is 9.64 Å². The summed E-state index contributed by atoms with van der Waals surface area (Å²) in [6, 6.07) is 2.02. The molecular weight excluding hydrogens is 284 g/mol. The minimum absolute atomic E-state index is 0.122. The van der Waals surface area contributed by atoms with Gasteiger partial charge >= 0.3 is 0 Å². The van der Waals surface area contributed by atoms with Crippen molar-refractivity contribution in [3.63, 3.8) is 0 Å². The maximum Gasteiger partial charge on any atom is 0.157 e. The number of rotatable bonds is 4. The zero-order chi connectivity index (χ0) is 13.5. The first-order chi connectivity index (χ1) is 9.10. The molecule has 0 unspecified atom stereocenters. The lowest BCUT2D eigenvalue weighted by atomic mass is 10.0. The number of nitrogens with zero attached hydrogens (tertiary/aromatic N) is 2. The third-order valence-corrected chi connectivity index (χ3v) is 7.20. The highest BCUT2D eigenvalue weighted by molar-refractivity contribution is 7.92. The molecule has 5 nitrogen and oxygen atoms in total. The van der Waals surface area contributed by atoms with Gasteiger partial charge in [-0.1, -0.05) is 0 Å². The van der Waals surface area contributed by atoms with E-state index >= 15 is 0 Å². The average molecular weight is 302 g/mol. The lowest BCUT2D eigenvalue weighted by molar-refractivity contribution is 0.0807. The first kappa shape index (κ1) is 13.5. The van der Waals surface area contributed by atoms with Crippen LogP contribution in [0.5, 0.6) is 0 Å². The van der Waals surface area contributed by atoms with E-state index in [2.05, 4.69) is 9.27 Å². The summed E-state index contributed by atoms with van der Waals surface area (Å²) in [5.74, 6) is 0.345. The standard InChI is InChI=1S/C12H18N2O3S2/c1-17-11-8-19(15,16)12-7-14(6-10(11)12)5-3-9-2-4-13-18-9/h2,4,10-12H,3,5-8H2,1H3/t10-,11+,12-/m0/s1. The fourth-order valence-electron chi connectivity index (χ4n) is 3.16. The predicted octanol–water partition coefficient (Wildman–Crippen LogP) is 0.429. The predicted molar refractivity (Wildman–Crippen MR) is 74.1 cm³/mol. The van der Waals surface area contributed by atoms with Crippen LogP contribution in [0.3, 0.4) is 0 Å².